The molecule has 0 aliphatic rings. The van der Waals surface area contributed by atoms with Crippen LogP contribution in [-0.4, -0.2) is 36.5 Å². The molecule has 3 rings (SSSR count). The third-order valence-corrected chi connectivity index (χ3v) is 4.61. The van der Waals surface area contributed by atoms with E-state index in [-0.39, 0.29) is 5.91 Å². The van der Waals surface area contributed by atoms with Crippen LogP contribution in [0.5, 0.6) is 11.5 Å². The number of aromatic nitrogens is 2. The standard InChI is InChI=1S/C22H25N3O3/c1-15-5-8-17(9-6-15)19-14-18(24-25(19)2)22(26)23-12-11-16-7-10-20(27-3)21(13-16)28-4/h5-10,13-14H,11-12H2,1-4H3,(H,23,26). The van der Waals surface area contributed by atoms with Crippen molar-refractivity contribution in [2.75, 3.05) is 20.8 Å². The largest absolute Gasteiger partial charge is 0.493 e. The Bertz CT molecular complexity index is 962. The van der Waals surface area contributed by atoms with Gasteiger partial charge in [-0.05, 0) is 42.7 Å². The molecule has 1 N–H and O–H groups in total. The highest BCUT2D eigenvalue weighted by Gasteiger charge is 2.14. The molecular weight excluding hydrogens is 354 g/mol. The number of nitrogens with one attached hydrogen (secondary N) is 1. The van der Waals surface area contributed by atoms with Crippen LogP contribution >= 0.6 is 0 Å². The van der Waals surface area contributed by atoms with Gasteiger partial charge in [0.15, 0.2) is 17.2 Å². The Morgan fingerprint density at radius 3 is 2.43 bits per heavy atom. The first-order chi connectivity index (χ1) is 13.5. The molecule has 3 aromatic rings. The summed E-state index contributed by atoms with van der Waals surface area (Å²) >= 11 is 0. The van der Waals surface area contributed by atoms with Gasteiger partial charge in [-0.25, -0.2) is 0 Å². The fraction of sp³-hybridized carbons (Fsp3) is 0.273. The Kier molecular flexibility index (Phi) is 5.99. The molecule has 146 valence electrons. The average molecular weight is 379 g/mol. The first kappa shape index (κ1) is 19.5. The summed E-state index contributed by atoms with van der Waals surface area (Å²) in [5, 5.41) is 7.28. The van der Waals surface area contributed by atoms with Gasteiger partial charge in [-0.2, -0.15) is 5.10 Å². The number of rotatable bonds is 7. The average Bonchev–Trinajstić information content (AvgIpc) is 3.10. The first-order valence-electron chi connectivity index (χ1n) is 9.12. The lowest BCUT2D eigenvalue weighted by molar-refractivity contribution is 0.0948. The lowest BCUT2D eigenvalue weighted by Crippen LogP contribution is -2.26. The summed E-state index contributed by atoms with van der Waals surface area (Å²) < 4.78 is 12.3. The molecule has 2 aromatic carbocycles. The highest BCUT2D eigenvalue weighted by Crippen LogP contribution is 2.27. The third-order valence-electron chi connectivity index (χ3n) is 4.61. The molecule has 0 fully saturated rings. The zero-order valence-electron chi connectivity index (χ0n) is 16.7. The van der Waals surface area contributed by atoms with Crippen LogP contribution in [0.4, 0.5) is 0 Å². The summed E-state index contributed by atoms with van der Waals surface area (Å²) in [4.78, 5) is 12.5. The second-order valence-corrected chi connectivity index (χ2v) is 6.60. The lowest BCUT2D eigenvalue weighted by atomic mass is 10.1. The fourth-order valence-corrected chi connectivity index (χ4v) is 3.02. The molecule has 1 aromatic heterocycles. The van der Waals surface area contributed by atoms with Gasteiger partial charge in [-0.1, -0.05) is 35.9 Å². The summed E-state index contributed by atoms with van der Waals surface area (Å²) in [6.45, 7) is 2.55. The number of hydrogen-bond donors (Lipinski definition) is 1. The molecule has 0 atom stereocenters. The molecular formula is C22H25N3O3. The van der Waals surface area contributed by atoms with Crippen molar-refractivity contribution in [3.63, 3.8) is 0 Å². The Hall–Kier alpha value is -3.28. The predicted molar refractivity (Wildman–Crippen MR) is 109 cm³/mol. The predicted octanol–water partition coefficient (Wildman–Crippen LogP) is 3.39. The smallest absolute Gasteiger partial charge is 0.271 e. The number of hydrogen-bond acceptors (Lipinski definition) is 4. The van der Waals surface area contributed by atoms with Gasteiger partial charge in [-0.3, -0.25) is 9.48 Å². The van der Waals surface area contributed by atoms with Gasteiger partial charge in [0.1, 0.15) is 0 Å². The Balaban J connectivity index is 1.63. The quantitative estimate of drug-likeness (QED) is 0.683. The van der Waals surface area contributed by atoms with Gasteiger partial charge < -0.3 is 14.8 Å². The number of carbonyl (C=O) groups is 1. The maximum Gasteiger partial charge on any atom is 0.271 e. The van der Waals surface area contributed by atoms with E-state index in [2.05, 4.69) is 10.4 Å². The number of aryl methyl sites for hydroxylation is 2. The lowest BCUT2D eigenvalue weighted by Gasteiger charge is -2.09. The monoisotopic (exact) mass is 379 g/mol. The van der Waals surface area contributed by atoms with Crippen LogP contribution in [0.2, 0.25) is 0 Å². The van der Waals surface area contributed by atoms with Gasteiger partial charge in [-0.15, -0.1) is 0 Å². The first-order valence-corrected chi connectivity index (χ1v) is 9.12. The van der Waals surface area contributed by atoms with Crippen LogP contribution in [0.25, 0.3) is 11.3 Å². The van der Waals surface area contributed by atoms with E-state index in [4.69, 9.17) is 9.47 Å². The number of ether oxygens (including phenoxy) is 2. The van der Waals surface area contributed by atoms with Gasteiger partial charge in [0, 0.05) is 13.6 Å². The maximum absolute atomic E-state index is 12.5. The van der Waals surface area contributed by atoms with E-state index in [9.17, 15) is 4.79 Å². The highest BCUT2D eigenvalue weighted by atomic mass is 16.5. The summed E-state index contributed by atoms with van der Waals surface area (Å²) in [6, 6.07) is 15.7. The fourth-order valence-electron chi connectivity index (χ4n) is 3.02. The molecule has 1 amide bonds. The van der Waals surface area contributed by atoms with Crippen LogP contribution < -0.4 is 14.8 Å². The van der Waals surface area contributed by atoms with Crippen molar-refractivity contribution in [1.82, 2.24) is 15.1 Å². The Morgan fingerprint density at radius 2 is 1.75 bits per heavy atom. The third kappa shape index (κ3) is 4.34. The van der Waals surface area contributed by atoms with E-state index in [1.54, 1.807) is 18.9 Å². The molecule has 0 unspecified atom stereocenters. The minimum atomic E-state index is -0.186. The van der Waals surface area contributed by atoms with Crippen molar-refractivity contribution in [2.45, 2.75) is 13.3 Å². The molecule has 6 nitrogen and oxygen atoms in total. The van der Waals surface area contributed by atoms with Crippen LogP contribution in [0.3, 0.4) is 0 Å². The zero-order chi connectivity index (χ0) is 20.1. The number of carbonyl (C=O) groups excluding carboxylic acids is 1. The minimum Gasteiger partial charge on any atom is -0.493 e. The van der Waals surface area contributed by atoms with Crippen LogP contribution in [0, 0.1) is 6.92 Å². The van der Waals surface area contributed by atoms with Crippen molar-refractivity contribution in [3.8, 4) is 22.8 Å². The van der Waals surface area contributed by atoms with Crippen molar-refractivity contribution >= 4 is 5.91 Å². The van der Waals surface area contributed by atoms with Crippen molar-refractivity contribution in [2.24, 2.45) is 7.05 Å². The molecule has 0 spiro atoms. The van der Waals surface area contributed by atoms with Gasteiger partial charge in [0.2, 0.25) is 0 Å². The van der Waals surface area contributed by atoms with Crippen LogP contribution in [-0.2, 0) is 13.5 Å². The summed E-state index contributed by atoms with van der Waals surface area (Å²) in [6.07, 6.45) is 0.684. The minimum absolute atomic E-state index is 0.186. The number of methoxy groups -OCH3 is 2. The van der Waals surface area contributed by atoms with Gasteiger partial charge in [0.25, 0.3) is 5.91 Å². The SMILES string of the molecule is COc1ccc(CCNC(=O)c2cc(-c3ccc(C)cc3)n(C)n2)cc1OC. The molecule has 0 saturated carbocycles. The van der Waals surface area contributed by atoms with E-state index in [1.807, 2.05) is 62.5 Å². The molecule has 0 aliphatic heterocycles. The summed E-state index contributed by atoms with van der Waals surface area (Å²) in [7, 11) is 5.06. The zero-order valence-corrected chi connectivity index (χ0v) is 16.7. The van der Waals surface area contributed by atoms with E-state index in [0.29, 0.717) is 30.2 Å². The Morgan fingerprint density at radius 1 is 1.04 bits per heavy atom. The number of benzene rings is 2. The Labute approximate surface area is 165 Å². The van der Waals surface area contributed by atoms with E-state index < -0.39 is 0 Å². The molecule has 28 heavy (non-hydrogen) atoms. The second-order valence-electron chi connectivity index (χ2n) is 6.60. The van der Waals surface area contributed by atoms with Crippen molar-refractivity contribution in [3.05, 3.63) is 65.4 Å². The molecule has 0 aliphatic carbocycles. The van der Waals surface area contributed by atoms with Gasteiger partial charge in [0.05, 0.1) is 19.9 Å². The molecule has 0 radical (unpaired) electrons. The molecule has 0 bridgehead atoms. The topological polar surface area (TPSA) is 65.4 Å². The van der Waals surface area contributed by atoms with Crippen LogP contribution in [0.1, 0.15) is 21.6 Å². The van der Waals surface area contributed by atoms with E-state index in [0.717, 1.165) is 16.8 Å². The molecule has 6 heteroatoms. The summed E-state index contributed by atoms with van der Waals surface area (Å²) in [5.74, 6) is 1.18. The molecule has 1 heterocycles. The number of amides is 1. The van der Waals surface area contributed by atoms with Crippen molar-refractivity contribution < 1.29 is 14.3 Å². The maximum atomic E-state index is 12.5. The van der Waals surface area contributed by atoms with Gasteiger partial charge >= 0.3 is 0 Å². The number of nitrogens with zero attached hydrogens (tertiary/aromatic N) is 2. The van der Waals surface area contributed by atoms with Crippen LogP contribution in [0.15, 0.2) is 48.5 Å². The van der Waals surface area contributed by atoms with Crippen molar-refractivity contribution in [1.29, 1.82) is 0 Å². The molecule has 0 saturated heterocycles. The normalized spacial score (nSPS) is 10.6. The second kappa shape index (κ2) is 8.61. The highest BCUT2D eigenvalue weighted by molar-refractivity contribution is 5.93. The van der Waals surface area contributed by atoms with E-state index >= 15 is 0 Å². The summed E-state index contributed by atoms with van der Waals surface area (Å²) in [5.41, 5.74) is 4.60. The van der Waals surface area contributed by atoms with E-state index in [1.165, 1.54) is 5.56 Å².